The fraction of sp³-hybridized carbons (Fsp3) is 0.625. The summed E-state index contributed by atoms with van der Waals surface area (Å²) in [6, 6.07) is 1.58. The summed E-state index contributed by atoms with van der Waals surface area (Å²) in [5.74, 6) is 0.104. The van der Waals surface area contributed by atoms with E-state index in [1.54, 1.807) is 11.3 Å². The average molecular weight is 553 g/mol. The number of amides is 1. The Morgan fingerprint density at radius 2 is 1.92 bits per heavy atom. The minimum Gasteiger partial charge on any atom is -0.389 e. The molecule has 3 aromatic heterocycles. The molecular weight excluding hydrogens is 521 g/mol. The van der Waals surface area contributed by atoms with E-state index < -0.39 is 29.6 Å². The van der Waals surface area contributed by atoms with E-state index in [1.165, 1.54) is 0 Å². The van der Waals surface area contributed by atoms with Gasteiger partial charge in [0.05, 0.1) is 24.1 Å². The zero-order valence-corrected chi connectivity index (χ0v) is 22.5. The molecular formula is C24H31F3N8O2S. The summed E-state index contributed by atoms with van der Waals surface area (Å²) < 4.78 is 41.1. The van der Waals surface area contributed by atoms with Crippen LogP contribution in [0.2, 0.25) is 0 Å². The number of carbonyl (C=O) groups excluding carboxylic acids is 1. The fourth-order valence-corrected chi connectivity index (χ4v) is 5.84. The van der Waals surface area contributed by atoms with Crippen LogP contribution < -0.4 is 15.1 Å². The smallest absolute Gasteiger partial charge is 0.389 e. The molecule has 1 fully saturated rings. The second-order valence-electron chi connectivity index (χ2n) is 10.8. The van der Waals surface area contributed by atoms with E-state index in [0.717, 1.165) is 32.5 Å². The van der Waals surface area contributed by atoms with Crippen LogP contribution in [-0.2, 0) is 30.5 Å². The van der Waals surface area contributed by atoms with Crippen molar-refractivity contribution in [2.75, 3.05) is 29.4 Å². The maximum atomic E-state index is 13.3. The van der Waals surface area contributed by atoms with Gasteiger partial charge in [0.15, 0.2) is 5.82 Å². The maximum Gasteiger partial charge on any atom is 0.451 e. The Morgan fingerprint density at radius 1 is 1.16 bits per heavy atom. The number of fused-ring (bicyclic) bond motifs is 2. The lowest BCUT2D eigenvalue weighted by atomic mass is 9.95. The third kappa shape index (κ3) is 5.03. The largest absolute Gasteiger partial charge is 0.451 e. The van der Waals surface area contributed by atoms with Crippen molar-refractivity contribution in [3.63, 3.8) is 0 Å². The van der Waals surface area contributed by atoms with Crippen molar-refractivity contribution >= 4 is 39.2 Å². The third-order valence-electron chi connectivity index (χ3n) is 6.78. The number of hydrogen-bond donors (Lipinski definition) is 2. The summed E-state index contributed by atoms with van der Waals surface area (Å²) in [6.07, 6.45) is -3.52. The predicted octanol–water partition coefficient (Wildman–Crippen LogP) is 2.99. The molecule has 2 unspecified atom stereocenters. The summed E-state index contributed by atoms with van der Waals surface area (Å²) in [7, 11) is 0. The molecule has 38 heavy (non-hydrogen) atoms. The number of carbonyl (C=O) groups is 1. The first kappa shape index (κ1) is 26.6. The first-order valence-electron chi connectivity index (χ1n) is 12.6. The highest BCUT2D eigenvalue weighted by atomic mass is 32.1. The van der Waals surface area contributed by atoms with E-state index in [-0.39, 0.29) is 31.4 Å². The van der Waals surface area contributed by atoms with E-state index in [9.17, 15) is 23.1 Å². The van der Waals surface area contributed by atoms with E-state index in [0.29, 0.717) is 24.9 Å². The van der Waals surface area contributed by atoms with E-state index in [1.807, 2.05) is 36.6 Å². The van der Waals surface area contributed by atoms with Gasteiger partial charge in [-0.05, 0) is 12.5 Å². The molecule has 10 nitrogen and oxygen atoms in total. The van der Waals surface area contributed by atoms with Crippen LogP contribution in [-0.4, -0.2) is 67.5 Å². The molecule has 2 N–H and O–H groups in total. The van der Waals surface area contributed by atoms with Crippen LogP contribution in [0.4, 0.5) is 24.9 Å². The van der Waals surface area contributed by atoms with Crippen LogP contribution >= 0.6 is 11.3 Å². The van der Waals surface area contributed by atoms with Crippen LogP contribution in [0.25, 0.3) is 10.2 Å². The lowest BCUT2D eigenvalue weighted by Gasteiger charge is -2.30. The van der Waals surface area contributed by atoms with Gasteiger partial charge >= 0.3 is 6.18 Å². The molecule has 0 bridgehead atoms. The highest BCUT2D eigenvalue weighted by Crippen LogP contribution is 2.36. The number of aliphatic hydroxyl groups excluding tert-OH is 1. The zero-order valence-electron chi connectivity index (χ0n) is 21.7. The molecule has 0 radical (unpaired) electrons. The molecule has 1 saturated heterocycles. The Balaban J connectivity index is 1.47. The number of anilines is 2. The quantitative estimate of drug-likeness (QED) is 0.497. The molecule has 2 atom stereocenters. The summed E-state index contributed by atoms with van der Waals surface area (Å²) in [4.78, 5) is 27.8. The van der Waals surface area contributed by atoms with Crippen LogP contribution in [0.5, 0.6) is 0 Å². The van der Waals surface area contributed by atoms with Gasteiger partial charge in [0.2, 0.25) is 17.7 Å². The van der Waals surface area contributed by atoms with Gasteiger partial charge in [0.1, 0.15) is 10.6 Å². The van der Waals surface area contributed by atoms with Crippen molar-refractivity contribution in [1.29, 1.82) is 0 Å². The highest BCUT2D eigenvalue weighted by Gasteiger charge is 2.40. The number of rotatable bonds is 5. The minimum atomic E-state index is -4.57. The maximum absolute atomic E-state index is 13.3. The zero-order chi connectivity index (χ0) is 27.4. The molecule has 2 aliphatic rings. The van der Waals surface area contributed by atoms with Crippen LogP contribution in [0, 0.1) is 5.41 Å². The van der Waals surface area contributed by atoms with Crippen LogP contribution in [0.15, 0.2) is 6.07 Å². The number of nitrogens with one attached hydrogen (secondary N) is 1. The molecule has 3 aromatic rings. The van der Waals surface area contributed by atoms with Gasteiger partial charge < -0.3 is 24.8 Å². The lowest BCUT2D eigenvalue weighted by Crippen LogP contribution is -2.47. The Bertz CT molecular complexity index is 1350. The second-order valence-corrected chi connectivity index (χ2v) is 12.0. The molecule has 14 heteroatoms. The van der Waals surface area contributed by atoms with Gasteiger partial charge in [-0.2, -0.15) is 18.2 Å². The van der Waals surface area contributed by atoms with Crippen molar-refractivity contribution in [2.45, 2.75) is 71.9 Å². The van der Waals surface area contributed by atoms with Crippen molar-refractivity contribution in [1.82, 2.24) is 30.0 Å². The second kappa shape index (κ2) is 9.63. The van der Waals surface area contributed by atoms with Crippen LogP contribution in [0.3, 0.4) is 0 Å². The number of β-amino-alcohol motifs (C(OH)–C–C–N with tert-alkyl or cyclic N) is 1. The normalized spacial score (nSPS) is 20.3. The molecule has 5 rings (SSSR count). The third-order valence-corrected chi connectivity index (χ3v) is 7.87. The molecule has 2 aliphatic heterocycles. The fourth-order valence-electron chi connectivity index (χ4n) is 4.72. The SMILES string of the molecule is CCCc1cc2c(N3CCn4c(nnc4C(F)(F)F)C3)nc(N3CC(O)C(NC(=O)C(C)(C)C)C3)nc2s1. The van der Waals surface area contributed by atoms with Gasteiger partial charge in [-0.1, -0.05) is 34.1 Å². The van der Waals surface area contributed by atoms with Gasteiger partial charge in [-0.3, -0.25) is 4.79 Å². The molecule has 5 heterocycles. The lowest BCUT2D eigenvalue weighted by molar-refractivity contribution is -0.147. The summed E-state index contributed by atoms with van der Waals surface area (Å²) in [5, 5.41) is 21.6. The van der Waals surface area contributed by atoms with Gasteiger partial charge in [0.25, 0.3) is 0 Å². The molecule has 0 spiro atoms. The van der Waals surface area contributed by atoms with E-state index in [4.69, 9.17) is 9.97 Å². The number of aliphatic hydroxyl groups is 1. The van der Waals surface area contributed by atoms with Crippen molar-refractivity contribution in [2.24, 2.45) is 5.41 Å². The first-order chi connectivity index (χ1) is 17.8. The Hall–Kier alpha value is -3.00. The predicted molar refractivity (Wildman–Crippen MR) is 137 cm³/mol. The molecule has 1 amide bonds. The number of aryl methyl sites for hydroxylation is 1. The summed E-state index contributed by atoms with van der Waals surface area (Å²) in [6.45, 7) is 8.61. The number of alkyl halides is 3. The first-order valence-corrected chi connectivity index (χ1v) is 13.5. The van der Waals surface area contributed by atoms with E-state index >= 15 is 0 Å². The van der Waals surface area contributed by atoms with Crippen LogP contribution in [0.1, 0.15) is 50.6 Å². The Morgan fingerprint density at radius 3 is 2.61 bits per heavy atom. The van der Waals surface area contributed by atoms with Gasteiger partial charge in [0, 0.05) is 36.5 Å². The number of nitrogens with zero attached hydrogens (tertiary/aromatic N) is 7. The summed E-state index contributed by atoms with van der Waals surface area (Å²) >= 11 is 1.56. The number of halogens is 3. The number of thiophene rings is 1. The number of aromatic nitrogens is 5. The van der Waals surface area contributed by atoms with Gasteiger partial charge in [-0.15, -0.1) is 21.5 Å². The molecule has 0 aromatic carbocycles. The standard InChI is InChI=1S/C24H31F3N8O2S/c1-5-6-13-9-14-18(33-7-8-35-17(12-33)31-32-20(35)24(25,26)27)29-22(30-19(14)38-13)34-10-15(16(36)11-34)28-21(37)23(2,3)4/h9,15-16,36H,5-8,10-12H2,1-4H3,(H,28,37). The van der Waals surface area contributed by atoms with Crippen molar-refractivity contribution < 1.29 is 23.1 Å². The Labute approximate surface area is 221 Å². The topological polar surface area (TPSA) is 112 Å². The van der Waals surface area contributed by atoms with Crippen molar-refractivity contribution in [3.05, 3.63) is 22.6 Å². The van der Waals surface area contributed by atoms with Crippen molar-refractivity contribution in [3.8, 4) is 0 Å². The average Bonchev–Trinajstić information content (AvgIpc) is 3.53. The molecule has 0 saturated carbocycles. The minimum absolute atomic E-state index is 0.0767. The molecule has 0 aliphatic carbocycles. The summed E-state index contributed by atoms with van der Waals surface area (Å²) in [5.41, 5.74) is -0.594. The Kier molecular flexibility index (Phi) is 6.74. The van der Waals surface area contributed by atoms with E-state index in [2.05, 4.69) is 22.4 Å². The monoisotopic (exact) mass is 552 g/mol. The van der Waals surface area contributed by atoms with Gasteiger partial charge in [-0.25, -0.2) is 4.98 Å². The highest BCUT2D eigenvalue weighted by molar-refractivity contribution is 7.18. The number of hydrogen-bond acceptors (Lipinski definition) is 9. The molecule has 206 valence electrons.